The number of hydrogen-bond donors (Lipinski definition) is 2. The van der Waals surface area contributed by atoms with E-state index in [2.05, 4.69) is 41.6 Å². The van der Waals surface area contributed by atoms with E-state index in [4.69, 9.17) is 0 Å². The Balaban J connectivity index is 2.50. The van der Waals surface area contributed by atoms with E-state index in [1.54, 1.807) is 0 Å². The van der Waals surface area contributed by atoms with Crippen LogP contribution in [0.1, 0.15) is 23.9 Å². The molecule has 0 radical (unpaired) electrons. The predicted octanol–water partition coefficient (Wildman–Crippen LogP) is 1.40. The smallest absolute Gasteiger partial charge is 0.0420 e. The Bertz CT molecular complexity index is 310. The second-order valence-corrected chi connectivity index (χ2v) is 4.04. The monoisotopic (exact) mass is 207 g/mol. The van der Waals surface area contributed by atoms with Crippen molar-refractivity contribution < 1.29 is 0 Å². The van der Waals surface area contributed by atoms with Crippen LogP contribution < -0.4 is 10.6 Å². The molecule has 0 aliphatic rings. The summed E-state index contributed by atoms with van der Waals surface area (Å²) >= 11 is 0. The zero-order valence-electron chi connectivity index (χ0n) is 10.1. The van der Waals surface area contributed by atoms with Gasteiger partial charge in [0, 0.05) is 30.5 Å². The Morgan fingerprint density at radius 1 is 1.33 bits per heavy atom. The van der Waals surface area contributed by atoms with Gasteiger partial charge in [-0.3, -0.25) is 4.98 Å². The van der Waals surface area contributed by atoms with Crippen LogP contribution in [0.4, 0.5) is 0 Å². The van der Waals surface area contributed by atoms with Crippen LogP contribution in [0.25, 0.3) is 0 Å². The zero-order chi connectivity index (χ0) is 11.3. The summed E-state index contributed by atoms with van der Waals surface area (Å²) in [6.07, 6.45) is 0. The molecule has 1 aromatic rings. The quantitative estimate of drug-likeness (QED) is 0.766. The number of hydrogen-bond acceptors (Lipinski definition) is 3. The minimum atomic E-state index is 0.482. The maximum absolute atomic E-state index is 4.44. The van der Waals surface area contributed by atoms with Crippen molar-refractivity contribution >= 4 is 0 Å². The fourth-order valence-corrected chi connectivity index (χ4v) is 1.56. The second kappa shape index (κ2) is 5.83. The molecule has 0 saturated carbocycles. The average Bonchev–Trinajstić information content (AvgIpc) is 2.17. The van der Waals surface area contributed by atoms with Crippen LogP contribution in [0.15, 0.2) is 12.1 Å². The molecule has 0 aliphatic heterocycles. The van der Waals surface area contributed by atoms with Crippen LogP contribution in [0.3, 0.4) is 0 Å². The molecule has 0 saturated heterocycles. The molecule has 1 unspecified atom stereocenters. The maximum atomic E-state index is 4.44. The highest BCUT2D eigenvalue weighted by atomic mass is 15.0. The first-order valence-electron chi connectivity index (χ1n) is 5.44. The van der Waals surface area contributed by atoms with Gasteiger partial charge in [0.25, 0.3) is 0 Å². The Morgan fingerprint density at radius 2 is 2.07 bits per heavy atom. The van der Waals surface area contributed by atoms with Gasteiger partial charge < -0.3 is 10.6 Å². The van der Waals surface area contributed by atoms with Crippen molar-refractivity contribution in [3.8, 4) is 0 Å². The normalized spacial score (nSPS) is 12.8. The molecule has 15 heavy (non-hydrogen) atoms. The van der Waals surface area contributed by atoms with E-state index < -0.39 is 0 Å². The van der Waals surface area contributed by atoms with E-state index in [1.807, 2.05) is 14.0 Å². The lowest BCUT2D eigenvalue weighted by Gasteiger charge is -2.14. The van der Waals surface area contributed by atoms with Gasteiger partial charge in [0.15, 0.2) is 0 Å². The fraction of sp³-hybridized carbons (Fsp3) is 0.583. The van der Waals surface area contributed by atoms with Crippen LogP contribution in [0.2, 0.25) is 0 Å². The van der Waals surface area contributed by atoms with Gasteiger partial charge in [-0.05, 0) is 39.4 Å². The first kappa shape index (κ1) is 12.1. The number of aromatic nitrogens is 1. The van der Waals surface area contributed by atoms with E-state index in [1.165, 1.54) is 5.56 Å². The van der Waals surface area contributed by atoms with Crippen LogP contribution >= 0.6 is 0 Å². The molecule has 3 heteroatoms. The number of nitrogens with zero attached hydrogens (tertiary/aromatic N) is 1. The molecule has 3 nitrogen and oxygen atoms in total. The van der Waals surface area contributed by atoms with Crippen molar-refractivity contribution in [3.63, 3.8) is 0 Å². The second-order valence-electron chi connectivity index (χ2n) is 4.04. The van der Waals surface area contributed by atoms with Gasteiger partial charge in [-0.15, -0.1) is 0 Å². The summed E-state index contributed by atoms with van der Waals surface area (Å²) in [5, 5.41) is 6.61. The first-order chi connectivity index (χ1) is 7.13. The predicted molar refractivity (Wildman–Crippen MR) is 63.9 cm³/mol. The molecule has 0 aliphatic carbocycles. The number of aryl methyl sites for hydroxylation is 2. The van der Waals surface area contributed by atoms with Crippen LogP contribution in [-0.4, -0.2) is 24.6 Å². The van der Waals surface area contributed by atoms with E-state index in [-0.39, 0.29) is 0 Å². The molecule has 1 aromatic heterocycles. The lowest BCUT2D eigenvalue weighted by molar-refractivity contribution is 0.521. The van der Waals surface area contributed by atoms with Crippen LogP contribution in [0, 0.1) is 13.8 Å². The van der Waals surface area contributed by atoms with Gasteiger partial charge in [-0.25, -0.2) is 0 Å². The van der Waals surface area contributed by atoms with Gasteiger partial charge in [0.2, 0.25) is 0 Å². The molecule has 0 fully saturated rings. The van der Waals surface area contributed by atoms with Gasteiger partial charge in [-0.2, -0.15) is 0 Å². The molecule has 0 spiro atoms. The summed E-state index contributed by atoms with van der Waals surface area (Å²) in [4.78, 5) is 4.44. The van der Waals surface area contributed by atoms with Crippen LogP contribution in [0.5, 0.6) is 0 Å². The van der Waals surface area contributed by atoms with Gasteiger partial charge in [0.1, 0.15) is 0 Å². The SMILES string of the molecule is CNCC(C)NCc1ccc(C)nc1C. The summed E-state index contributed by atoms with van der Waals surface area (Å²) in [6, 6.07) is 4.69. The molecule has 0 aromatic carbocycles. The number of nitrogens with one attached hydrogen (secondary N) is 2. The number of rotatable bonds is 5. The molecule has 84 valence electrons. The van der Waals surface area contributed by atoms with Crippen molar-refractivity contribution in [2.24, 2.45) is 0 Å². The fourth-order valence-electron chi connectivity index (χ4n) is 1.56. The molecular weight excluding hydrogens is 186 g/mol. The van der Waals surface area contributed by atoms with Crippen molar-refractivity contribution in [1.29, 1.82) is 0 Å². The molecular formula is C12H21N3. The van der Waals surface area contributed by atoms with Crippen molar-refractivity contribution in [3.05, 3.63) is 29.1 Å². The standard InChI is InChI=1S/C12H21N3/c1-9-5-6-12(11(3)15-9)8-14-10(2)7-13-4/h5-6,10,13-14H,7-8H2,1-4H3. The summed E-state index contributed by atoms with van der Waals surface area (Å²) in [6.45, 7) is 8.13. The first-order valence-corrected chi connectivity index (χ1v) is 5.44. The van der Waals surface area contributed by atoms with Crippen LogP contribution in [-0.2, 0) is 6.54 Å². The molecule has 1 heterocycles. The molecule has 0 bridgehead atoms. The molecule has 1 atom stereocenters. The third-order valence-electron chi connectivity index (χ3n) is 2.49. The lowest BCUT2D eigenvalue weighted by atomic mass is 10.2. The highest BCUT2D eigenvalue weighted by Gasteiger charge is 2.02. The van der Waals surface area contributed by atoms with E-state index in [9.17, 15) is 0 Å². The van der Waals surface area contributed by atoms with E-state index >= 15 is 0 Å². The number of likely N-dealkylation sites (N-methyl/N-ethyl adjacent to an activating group) is 1. The summed E-state index contributed by atoms with van der Waals surface area (Å²) in [5.41, 5.74) is 3.49. The molecule has 0 amide bonds. The van der Waals surface area contributed by atoms with Crippen molar-refractivity contribution in [2.75, 3.05) is 13.6 Å². The molecule has 2 N–H and O–H groups in total. The van der Waals surface area contributed by atoms with Gasteiger partial charge >= 0.3 is 0 Å². The summed E-state index contributed by atoms with van der Waals surface area (Å²) in [7, 11) is 1.97. The highest BCUT2D eigenvalue weighted by molar-refractivity contribution is 5.21. The van der Waals surface area contributed by atoms with Gasteiger partial charge in [-0.1, -0.05) is 6.07 Å². The van der Waals surface area contributed by atoms with Crippen molar-refractivity contribution in [2.45, 2.75) is 33.4 Å². The zero-order valence-corrected chi connectivity index (χ0v) is 10.1. The van der Waals surface area contributed by atoms with Crippen molar-refractivity contribution in [1.82, 2.24) is 15.6 Å². The number of pyridine rings is 1. The highest BCUT2D eigenvalue weighted by Crippen LogP contribution is 2.06. The average molecular weight is 207 g/mol. The minimum absolute atomic E-state index is 0.482. The minimum Gasteiger partial charge on any atom is -0.318 e. The summed E-state index contributed by atoms with van der Waals surface area (Å²) in [5.74, 6) is 0. The Morgan fingerprint density at radius 3 is 2.67 bits per heavy atom. The third kappa shape index (κ3) is 3.98. The topological polar surface area (TPSA) is 37.0 Å². The molecule has 1 rings (SSSR count). The van der Waals surface area contributed by atoms with Gasteiger partial charge in [0.05, 0.1) is 0 Å². The summed E-state index contributed by atoms with van der Waals surface area (Å²) < 4.78 is 0. The maximum Gasteiger partial charge on any atom is 0.0420 e. The Labute approximate surface area is 92.3 Å². The Hall–Kier alpha value is -0.930. The lowest BCUT2D eigenvalue weighted by Crippen LogP contribution is -2.34. The third-order valence-corrected chi connectivity index (χ3v) is 2.49. The largest absolute Gasteiger partial charge is 0.318 e. The Kier molecular flexibility index (Phi) is 4.72. The van der Waals surface area contributed by atoms with E-state index in [0.29, 0.717) is 6.04 Å². The van der Waals surface area contributed by atoms with E-state index in [0.717, 1.165) is 24.5 Å².